The number of amides is 2. The van der Waals surface area contributed by atoms with Crippen molar-refractivity contribution in [3.8, 4) is 6.07 Å². The molecule has 3 rings (SSSR count). The van der Waals surface area contributed by atoms with Crippen molar-refractivity contribution in [1.82, 2.24) is 9.80 Å². The van der Waals surface area contributed by atoms with E-state index in [1.165, 1.54) is 11.0 Å². The van der Waals surface area contributed by atoms with E-state index in [-0.39, 0.29) is 22.8 Å². The predicted octanol–water partition coefficient (Wildman–Crippen LogP) is 3.65. The Hall–Kier alpha value is -2.76. The number of halogens is 3. The Kier molecular flexibility index (Phi) is 6.72. The third-order valence-electron chi connectivity index (χ3n) is 6.64. The topological polar surface area (TPSA) is 67.6 Å². The standard InChI is InChI=1S/C23H29F3N4O2/c1-4-5-20(31)30-15-22(13-19(30)21(32)28(2)3)8-10-29(11-9-22)17-7-6-16(14-27)18(12-17)23(24,25)26/h6-7,12,19H,4-5,8-11,13,15H2,1-3H3. The first kappa shape index (κ1) is 23.9. The number of carbonyl (C=O) groups is 2. The number of anilines is 1. The molecule has 1 spiro atoms. The van der Waals surface area contributed by atoms with Gasteiger partial charge in [-0.15, -0.1) is 0 Å². The molecule has 1 atom stereocenters. The molecule has 1 aromatic rings. The zero-order valence-corrected chi connectivity index (χ0v) is 18.7. The summed E-state index contributed by atoms with van der Waals surface area (Å²) >= 11 is 0. The summed E-state index contributed by atoms with van der Waals surface area (Å²) in [6.45, 7) is 3.49. The molecule has 2 heterocycles. The smallest absolute Gasteiger partial charge is 0.371 e. The van der Waals surface area contributed by atoms with Crippen LogP contribution in [0, 0.1) is 16.7 Å². The van der Waals surface area contributed by atoms with Crippen LogP contribution in [0.25, 0.3) is 0 Å². The van der Waals surface area contributed by atoms with E-state index < -0.39 is 17.8 Å². The SMILES string of the molecule is CCCC(=O)N1CC2(CCN(c3ccc(C#N)c(C(F)(F)F)c3)CC2)CC1C(=O)N(C)C. The Bertz CT molecular complexity index is 915. The molecule has 1 aromatic carbocycles. The summed E-state index contributed by atoms with van der Waals surface area (Å²) in [4.78, 5) is 30.6. The molecule has 6 nitrogen and oxygen atoms in total. The average Bonchev–Trinajstić information content (AvgIpc) is 3.12. The van der Waals surface area contributed by atoms with Crippen LogP contribution in [0.4, 0.5) is 18.9 Å². The van der Waals surface area contributed by atoms with Crippen LogP contribution < -0.4 is 4.90 Å². The molecule has 2 aliphatic rings. The Labute approximate surface area is 186 Å². The second kappa shape index (κ2) is 9.00. The molecular formula is C23H29F3N4O2. The van der Waals surface area contributed by atoms with E-state index in [9.17, 15) is 22.8 Å². The molecule has 2 fully saturated rings. The number of likely N-dealkylation sites (tertiary alicyclic amines) is 1. The molecule has 2 amide bonds. The molecule has 0 aromatic heterocycles. The summed E-state index contributed by atoms with van der Waals surface area (Å²) in [7, 11) is 3.36. The van der Waals surface area contributed by atoms with Crippen LogP contribution in [0.1, 0.15) is 50.2 Å². The minimum atomic E-state index is -4.59. The van der Waals surface area contributed by atoms with Gasteiger partial charge in [-0.25, -0.2) is 0 Å². The maximum atomic E-state index is 13.3. The average molecular weight is 451 g/mol. The van der Waals surface area contributed by atoms with Crippen molar-refractivity contribution in [3.05, 3.63) is 29.3 Å². The van der Waals surface area contributed by atoms with Crippen molar-refractivity contribution < 1.29 is 22.8 Å². The molecule has 2 saturated heterocycles. The maximum Gasteiger partial charge on any atom is 0.417 e. The fourth-order valence-corrected chi connectivity index (χ4v) is 4.86. The largest absolute Gasteiger partial charge is 0.417 e. The van der Waals surface area contributed by atoms with E-state index in [2.05, 4.69) is 0 Å². The van der Waals surface area contributed by atoms with Gasteiger partial charge in [0.15, 0.2) is 0 Å². The zero-order valence-electron chi connectivity index (χ0n) is 18.7. The lowest BCUT2D eigenvalue weighted by Crippen LogP contribution is -2.45. The van der Waals surface area contributed by atoms with Crippen LogP contribution in [-0.4, -0.2) is 61.4 Å². The van der Waals surface area contributed by atoms with Crippen LogP contribution in [0.15, 0.2) is 18.2 Å². The molecule has 32 heavy (non-hydrogen) atoms. The first-order valence-corrected chi connectivity index (χ1v) is 10.9. The fourth-order valence-electron chi connectivity index (χ4n) is 4.86. The Morgan fingerprint density at radius 3 is 2.44 bits per heavy atom. The second-order valence-corrected chi connectivity index (χ2v) is 9.05. The van der Waals surface area contributed by atoms with Crippen molar-refractivity contribution >= 4 is 17.5 Å². The third-order valence-corrected chi connectivity index (χ3v) is 6.64. The highest BCUT2D eigenvalue weighted by molar-refractivity contribution is 5.88. The molecule has 0 bridgehead atoms. The maximum absolute atomic E-state index is 13.3. The molecular weight excluding hydrogens is 421 g/mol. The summed E-state index contributed by atoms with van der Waals surface area (Å²) in [5.41, 5.74) is -1.09. The molecule has 1 unspecified atom stereocenters. The number of alkyl halides is 3. The van der Waals surface area contributed by atoms with E-state index in [0.717, 1.165) is 6.07 Å². The summed E-state index contributed by atoms with van der Waals surface area (Å²) in [6, 6.07) is 4.94. The number of carbonyl (C=O) groups excluding carboxylic acids is 2. The van der Waals surface area contributed by atoms with E-state index in [4.69, 9.17) is 5.26 Å². The predicted molar refractivity (Wildman–Crippen MR) is 114 cm³/mol. The normalized spacial score (nSPS) is 20.3. The molecule has 9 heteroatoms. The summed E-state index contributed by atoms with van der Waals surface area (Å²) < 4.78 is 40.0. The number of nitrogens with zero attached hydrogens (tertiary/aromatic N) is 4. The molecule has 0 saturated carbocycles. The monoisotopic (exact) mass is 450 g/mol. The highest BCUT2D eigenvalue weighted by Gasteiger charge is 2.49. The fraction of sp³-hybridized carbons (Fsp3) is 0.609. The number of piperidine rings is 1. The van der Waals surface area contributed by atoms with Gasteiger partial charge >= 0.3 is 6.18 Å². The zero-order chi connectivity index (χ0) is 23.7. The van der Waals surface area contributed by atoms with Crippen LogP contribution in [-0.2, 0) is 15.8 Å². The molecule has 0 aliphatic carbocycles. The Morgan fingerprint density at radius 2 is 1.91 bits per heavy atom. The van der Waals surface area contributed by atoms with Gasteiger partial charge in [0.2, 0.25) is 11.8 Å². The summed E-state index contributed by atoms with van der Waals surface area (Å²) in [6.07, 6.45) is -1.55. The number of hydrogen-bond acceptors (Lipinski definition) is 4. The van der Waals surface area contributed by atoms with Crippen molar-refractivity contribution in [3.63, 3.8) is 0 Å². The van der Waals surface area contributed by atoms with Crippen LogP contribution in [0.2, 0.25) is 0 Å². The van der Waals surface area contributed by atoms with Crippen molar-refractivity contribution in [2.75, 3.05) is 38.6 Å². The minimum Gasteiger partial charge on any atom is -0.371 e. The van der Waals surface area contributed by atoms with Crippen LogP contribution >= 0.6 is 0 Å². The van der Waals surface area contributed by atoms with Crippen molar-refractivity contribution in [1.29, 1.82) is 5.26 Å². The molecule has 0 N–H and O–H groups in total. The first-order valence-electron chi connectivity index (χ1n) is 10.9. The van der Waals surface area contributed by atoms with Gasteiger partial charge in [-0.3, -0.25) is 9.59 Å². The number of likely N-dealkylation sites (N-methyl/N-ethyl adjacent to an activating group) is 1. The van der Waals surface area contributed by atoms with Crippen LogP contribution in [0.3, 0.4) is 0 Å². The minimum absolute atomic E-state index is 0.0195. The van der Waals surface area contributed by atoms with E-state index in [1.54, 1.807) is 31.1 Å². The number of benzene rings is 1. The number of rotatable bonds is 4. The Balaban J connectivity index is 1.78. The van der Waals surface area contributed by atoms with Gasteiger partial charge in [-0.05, 0) is 49.3 Å². The number of nitriles is 1. The lowest BCUT2D eigenvalue weighted by Gasteiger charge is -2.40. The highest BCUT2D eigenvalue weighted by Crippen LogP contribution is 2.45. The molecule has 174 valence electrons. The van der Waals surface area contributed by atoms with Crippen molar-refractivity contribution in [2.45, 2.75) is 51.2 Å². The van der Waals surface area contributed by atoms with Crippen molar-refractivity contribution in [2.24, 2.45) is 5.41 Å². The first-order chi connectivity index (χ1) is 15.0. The molecule has 0 radical (unpaired) electrons. The van der Waals surface area contributed by atoms with E-state index in [1.807, 2.05) is 11.8 Å². The van der Waals surface area contributed by atoms with Gasteiger partial charge in [0.05, 0.1) is 17.2 Å². The summed E-state index contributed by atoms with van der Waals surface area (Å²) in [5.74, 6) is -0.107. The van der Waals surface area contributed by atoms with Gasteiger partial charge in [-0.1, -0.05) is 6.92 Å². The Morgan fingerprint density at radius 1 is 1.25 bits per heavy atom. The van der Waals surface area contributed by atoms with Gasteiger partial charge < -0.3 is 14.7 Å². The lowest BCUT2D eigenvalue weighted by molar-refractivity contribution is -0.142. The van der Waals surface area contributed by atoms with Gasteiger partial charge in [0.25, 0.3) is 0 Å². The van der Waals surface area contributed by atoms with Gasteiger partial charge in [0, 0.05) is 45.8 Å². The number of hydrogen-bond donors (Lipinski definition) is 0. The van der Waals surface area contributed by atoms with Gasteiger partial charge in [0.1, 0.15) is 6.04 Å². The van der Waals surface area contributed by atoms with E-state index >= 15 is 0 Å². The lowest BCUT2D eigenvalue weighted by atomic mass is 9.76. The van der Waals surface area contributed by atoms with E-state index in [0.29, 0.717) is 57.4 Å². The third kappa shape index (κ3) is 4.69. The van der Waals surface area contributed by atoms with Crippen LogP contribution in [0.5, 0.6) is 0 Å². The quantitative estimate of drug-likeness (QED) is 0.702. The van der Waals surface area contributed by atoms with Gasteiger partial charge in [-0.2, -0.15) is 18.4 Å². The second-order valence-electron chi connectivity index (χ2n) is 9.05. The molecule has 2 aliphatic heterocycles. The highest BCUT2D eigenvalue weighted by atomic mass is 19.4. The summed E-state index contributed by atoms with van der Waals surface area (Å²) in [5, 5.41) is 9.01.